The Morgan fingerprint density at radius 2 is 1.78 bits per heavy atom. The van der Waals surface area contributed by atoms with E-state index in [1.54, 1.807) is 6.07 Å². The van der Waals surface area contributed by atoms with Crippen LogP contribution in [0.3, 0.4) is 0 Å². The molecule has 0 atom stereocenters. The van der Waals surface area contributed by atoms with E-state index in [2.05, 4.69) is 0 Å². The average molecular weight is 302 g/mol. The van der Waals surface area contributed by atoms with Crippen molar-refractivity contribution in [1.82, 2.24) is 0 Å². The van der Waals surface area contributed by atoms with Crippen LogP contribution in [-0.4, -0.2) is 0 Å². The van der Waals surface area contributed by atoms with Crippen molar-refractivity contribution in [2.45, 2.75) is 10.6 Å². The molecule has 0 aliphatic rings. The van der Waals surface area contributed by atoms with Gasteiger partial charge in [0.15, 0.2) is 0 Å². The van der Waals surface area contributed by atoms with E-state index in [4.69, 9.17) is 28.9 Å². The van der Waals surface area contributed by atoms with E-state index in [1.807, 2.05) is 24.3 Å². The number of hydrogen-bond acceptors (Lipinski definition) is 2. The van der Waals surface area contributed by atoms with Crippen molar-refractivity contribution in [3.63, 3.8) is 0 Å². The molecule has 0 spiro atoms. The molecule has 0 saturated carbocycles. The van der Waals surface area contributed by atoms with Crippen LogP contribution in [0, 0.1) is 5.82 Å². The van der Waals surface area contributed by atoms with E-state index in [0.717, 1.165) is 16.2 Å². The lowest BCUT2D eigenvalue weighted by Crippen LogP contribution is -1.91. The predicted octanol–water partition coefficient (Wildman–Crippen LogP) is 5.01. The van der Waals surface area contributed by atoms with Gasteiger partial charge in [-0.05, 0) is 29.8 Å². The van der Waals surface area contributed by atoms with E-state index in [1.165, 1.54) is 17.8 Å². The SMILES string of the molecule is Nc1cc(F)c(Cl)cc1SCc1ccc(Cl)cc1. The van der Waals surface area contributed by atoms with E-state index >= 15 is 0 Å². The van der Waals surface area contributed by atoms with Gasteiger partial charge >= 0.3 is 0 Å². The molecule has 0 heterocycles. The van der Waals surface area contributed by atoms with Crippen LogP contribution in [0.15, 0.2) is 41.3 Å². The molecule has 1 nitrogen and oxygen atoms in total. The molecule has 2 N–H and O–H groups in total. The van der Waals surface area contributed by atoms with Gasteiger partial charge in [-0.1, -0.05) is 35.3 Å². The molecule has 2 aromatic carbocycles. The van der Waals surface area contributed by atoms with Gasteiger partial charge in [-0.3, -0.25) is 0 Å². The molecular weight excluding hydrogens is 292 g/mol. The van der Waals surface area contributed by atoms with E-state index < -0.39 is 5.82 Å². The first-order valence-electron chi connectivity index (χ1n) is 5.18. The van der Waals surface area contributed by atoms with Crippen molar-refractivity contribution < 1.29 is 4.39 Å². The predicted molar refractivity (Wildman–Crippen MR) is 76.8 cm³/mol. The Bertz CT molecular complexity index is 558. The van der Waals surface area contributed by atoms with Crippen molar-refractivity contribution >= 4 is 40.7 Å². The summed E-state index contributed by atoms with van der Waals surface area (Å²) in [5.41, 5.74) is 7.25. The van der Waals surface area contributed by atoms with Crippen LogP contribution < -0.4 is 5.73 Å². The number of thioether (sulfide) groups is 1. The Morgan fingerprint density at radius 1 is 1.11 bits per heavy atom. The summed E-state index contributed by atoms with van der Waals surface area (Å²) in [6.07, 6.45) is 0. The Hall–Kier alpha value is -0.900. The zero-order chi connectivity index (χ0) is 13.1. The third-order valence-electron chi connectivity index (χ3n) is 2.36. The second-order valence-electron chi connectivity index (χ2n) is 3.72. The van der Waals surface area contributed by atoms with Gasteiger partial charge < -0.3 is 5.73 Å². The smallest absolute Gasteiger partial charge is 0.143 e. The van der Waals surface area contributed by atoms with Crippen molar-refractivity contribution in [1.29, 1.82) is 0 Å². The molecule has 0 aliphatic carbocycles. The fourth-order valence-electron chi connectivity index (χ4n) is 1.41. The van der Waals surface area contributed by atoms with E-state index in [0.29, 0.717) is 10.7 Å². The fourth-order valence-corrected chi connectivity index (χ4v) is 2.71. The Morgan fingerprint density at radius 3 is 2.44 bits per heavy atom. The summed E-state index contributed by atoms with van der Waals surface area (Å²) in [5.74, 6) is 0.230. The lowest BCUT2D eigenvalue weighted by atomic mass is 10.2. The molecule has 0 aromatic heterocycles. The van der Waals surface area contributed by atoms with Gasteiger partial charge in [-0.25, -0.2) is 4.39 Å². The first kappa shape index (κ1) is 13.5. The summed E-state index contributed by atoms with van der Waals surface area (Å²) in [5, 5.41) is 0.788. The average Bonchev–Trinajstić information content (AvgIpc) is 2.34. The van der Waals surface area contributed by atoms with E-state index in [9.17, 15) is 4.39 Å². The Kier molecular flexibility index (Phi) is 4.38. The maximum atomic E-state index is 13.1. The molecule has 2 aromatic rings. The van der Waals surface area contributed by atoms with Gasteiger partial charge in [0.1, 0.15) is 5.82 Å². The minimum Gasteiger partial charge on any atom is -0.398 e. The standard InChI is InChI=1S/C13H10Cl2FNS/c14-9-3-1-8(2-4-9)7-18-13-5-10(15)11(16)6-12(13)17/h1-6H,7,17H2. The highest BCUT2D eigenvalue weighted by Gasteiger charge is 2.07. The molecule has 0 radical (unpaired) electrons. The highest BCUT2D eigenvalue weighted by molar-refractivity contribution is 7.98. The first-order chi connectivity index (χ1) is 8.56. The molecule has 0 saturated heterocycles. The minimum atomic E-state index is -0.495. The number of nitrogens with two attached hydrogens (primary N) is 1. The zero-order valence-corrected chi connectivity index (χ0v) is 11.6. The molecule has 18 heavy (non-hydrogen) atoms. The minimum absolute atomic E-state index is 0.0859. The summed E-state index contributed by atoms with van der Waals surface area (Å²) in [6, 6.07) is 10.3. The van der Waals surface area contributed by atoms with Gasteiger partial charge in [0.05, 0.1) is 5.02 Å². The van der Waals surface area contributed by atoms with Crippen LogP contribution in [0.1, 0.15) is 5.56 Å². The first-order valence-corrected chi connectivity index (χ1v) is 6.92. The van der Waals surface area contributed by atoms with Gasteiger partial charge in [-0.15, -0.1) is 11.8 Å². The molecule has 0 bridgehead atoms. The van der Waals surface area contributed by atoms with Crippen LogP contribution in [0.25, 0.3) is 0 Å². The summed E-state index contributed by atoms with van der Waals surface area (Å²) >= 11 is 13.0. The van der Waals surface area contributed by atoms with Crippen molar-refractivity contribution in [2.24, 2.45) is 0 Å². The number of rotatable bonds is 3. The maximum absolute atomic E-state index is 13.1. The summed E-state index contributed by atoms with van der Waals surface area (Å²) in [4.78, 5) is 0.774. The molecule has 5 heteroatoms. The monoisotopic (exact) mass is 301 g/mol. The molecule has 2 rings (SSSR count). The number of anilines is 1. The third-order valence-corrected chi connectivity index (χ3v) is 4.04. The normalized spacial score (nSPS) is 10.6. The van der Waals surface area contributed by atoms with Gasteiger partial charge in [-0.2, -0.15) is 0 Å². The highest BCUT2D eigenvalue weighted by Crippen LogP contribution is 2.32. The van der Waals surface area contributed by atoms with Crippen LogP contribution >= 0.6 is 35.0 Å². The topological polar surface area (TPSA) is 26.0 Å². The maximum Gasteiger partial charge on any atom is 0.143 e. The molecular formula is C13H10Cl2FNS. The third kappa shape index (κ3) is 3.31. The molecule has 0 amide bonds. The second kappa shape index (κ2) is 5.83. The van der Waals surface area contributed by atoms with Crippen LogP contribution in [0.2, 0.25) is 10.0 Å². The molecule has 0 aliphatic heterocycles. The Balaban J connectivity index is 2.10. The van der Waals surface area contributed by atoms with Crippen molar-refractivity contribution in [3.05, 3.63) is 57.8 Å². The summed E-state index contributed by atoms with van der Waals surface area (Å²) in [6.45, 7) is 0. The second-order valence-corrected chi connectivity index (χ2v) is 5.58. The summed E-state index contributed by atoms with van der Waals surface area (Å²) in [7, 11) is 0. The van der Waals surface area contributed by atoms with Gasteiger partial charge in [0, 0.05) is 21.4 Å². The number of halogens is 3. The van der Waals surface area contributed by atoms with Gasteiger partial charge in [0.25, 0.3) is 0 Å². The van der Waals surface area contributed by atoms with Crippen LogP contribution in [0.5, 0.6) is 0 Å². The molecule has 0 unspecified atom stereocenters. The number of benzene rings is 2. The lowest BCUT2D eigenvalue weighted by molar-refractivity contribution is 0.628. The van der Waals surface area contributed by atoms with Crippen LogP contribution in [0.4, 0.5) is 10.1 Å². The fraction of sp³-hybridized carbons (Fsp3) is 0.0769. The number of hydrogen-bond donors (Lipinski definition) is 1. The lowest BCUT2D eigenvalue weighted by Gasteiger charge is -2.07. The van der Waals surface area contributed by atoms with E-state index in [-0.39, 0.29) is 5.02 Å². The Labute approximate surface area is 119 Å². The van der Waals surface area contributed by atoms with Crippen molar-refractivity contribution in [3.8, 4) is 0 Å². The van der Waals surface area contributed by atoms with Crippen LogP contribution in [-0.2, 0) is 5.75 Å². The zero-order valence-electron chi connectivity index (χ0n) is 9.29. The van der Waals surface area contributed by atoms with Crippen molar-refractivity contribution in [2.75, 3.05) is 5.73 Å². The summed E-state index contributed by atoms with van der Waals surface area (Å²) < 4.78 is 13.1. The molecule has 94 valence electrons. The largest absolute Gasteiger partial charge is 0.398 e. The van der Waals surface area contributed by atoms with Gasteiger partial charge in [0.2, 0.25) is 0 Å². The number of nitrogen functional groups attached to an aromatic ring is 1. The highest BCUT2D eigenvalue weighted by atomic mass is 35.5. The quantitative estimate of drug-likeness (QED) is 0.637. The molecule has 0 fully saturated rings.